The van der Waals surface area contributed by atoms with Crippen molar-refractivity contribution in [3.8, 4) is 28.5 Å². The molecule has 0 spiro atoms. The Morgan fingerprint density at radius 1 is 1.11 bits per heavy atom. The number of hydrogen-bond acceptors (Lipinski definition) is 4. The molecule has 5 nitrogen and oxygen atoms in total. The van der Waals surface area contributed by atoms with Crippen molar-refractivity contribution in [2.45, 2.75) is 19.4 Å². The SMILES string of the molecule is COc1cc(Cl)c(Cl)cc1-c1nc(-c2cccc(CN3CCCC3)c2)n[nH]1.Cl. The van der Waals surface area contributed by atoms with Crippen molar-refractivity contribution < 1.29 is 4.74 Å². The van der Waals surface area contributed by atoms with E-state index in [1.807, 2.05) is 6.07 Å². The number of H-pyrrole nitrogens is 1. The van der Waals surface area contributed by atoms with Gasteiger partial charge >= 0.3 is 0 Å². The van der Waals surface area contributed by atoms with E-state index in [-0.39, 0.29) is 12.4 Å². The quantitative estimate of drug-likeness (QED) is 0.572. The van der Waals surface area contributed by atoms with Gasteiger partial charge in [-0.05, 0) is 43.6 Å². The topological polar surface area (TPSA) is 54.0 Å². The summed E-state index contributed by atoms with van der Waals surface area (Å²) in [6, 6.07) is 11.8. The van der Waals surface area contributed by atoms with Gasteiger partial charge in [0.25, 0.3) is 0 Å². The van der Waals surface area contributed by atoms with Crippen LogP contribution in [0.25, 0.3) is 22.8 Å². The number of hydrogen-bond donors (Lipinski definition) is 1. The molecule has 1 saturated heterocycles. The monoisotopic (exact) mass is 438 g/mol. The molecule has 1 aromatic heterocycles. The summed E-state index contributed by atoms with van der Waals surface area (Å²) in [7, 11) is 1.59. The zero-order valence-electron chi connectivity index (χ0n) is 15.4. The predicted molar refractivity (Wildman–Crippen MR) is 116 cm³/mol. The lowest BCUT2D eigenvalue weighted by Crippen LogP contribution is -2.18. The highest BCUT2D eigenvalue weighted by Gasteiger charge is 2.16. The van der Waals surface area contributed by atoms with Crippen molar-refractivity contribution in [3.05, 3.63) is 52.0 Å². The van der Waals surface area contributed by atoms with Crippen LogP contribution in [0.2, 0.25) is 10.0 Å². The van der Waals surface area contributed by atoms with Crippen LogP contribution in [0.15, 0.2) is 36.4 Å². The van der Waals surface area contributed by atoms with Crippen molar-refractivity contribution >= 4 is 35.6 Å². The molecule has 2 heterocycles. The normalized spacial score (nSPS) is 14.1. The summed E-state index contributed by atoms with van der Waals surface area (Å²) in [4.78, 5) is 7.12. The third kappa shape index (κ3) is 4.44. The first-order valence-corrected chi connectivity index (χ1v) is 9.67. The maximum atomic E-state index is 6.16. The molecule has 0 saturated carbocycles. The molecule has 1 fully saturated rings. The minimum absolute atomic E-state index is 0. The summed E-state index contributed by atoms with van der Waals surface area (Å²) >= 11 is 12.2. The molecule has 28 heavy (non-hydrogen) atoms. The number of ether oxygens (including phenoxy) is 1. The molecule has 0 radical (unpaired) electrons. The first-order chi connectivity index (χ1) is 13.1. The van der Waals surface area contributed by atoms with Crippen LogP contribution in [0.3, 0.4) is 0 Å². The number of nitrogens with one attached hydrogen (secondary N) is 1. The molecule has 0 bridgehead atoms. The minimum Gasteiger partial charge on any atom is -0.496 e. The fraction of sp³-hybridized carbons (Fsp3) is 0.300. The summed E-state index contributed by atoms with van der Waals surface area (Å²) in [5.41, 5.74) is 2.97. The van der Waals surface area contributed by atoms with E-state index >= 15 is 0 Å². The number of halogens is 3. The second-order valence-electron chi connectivity index (χ2n) is 6.66. The van der Waals surface area contributed by atoms with Crippen LogP contribution in [0.5, 0.6) is 5.75 Å². The van der Waals surface area contributed by atoms with Gasteiger partial charge in [0.05, 0.1) is 22.7 Å². The van der Waals surface area contributed by atoms with Gasteiger partial charge in [-0.2, -0.15) is 5.10 Å². The molecule has 1 aliphatic rings. The van der Waals surface area contributed by atoms with E-state index in [1.54, 1.807) is 19.2 Å². The van der Waals surface area contributed by atoms with Gasteiger partial charge in [0.2, 0.25) is 0 Å². The van der Waals surface area contributed by atoms with Crippen molar-refractivity contribution in [2.75, 3.05) is 20.2 Å². The summed E-state index contributed by atoms with van der Waals surface area (Å²) in [5.74, 6) is 1.82. The van der Waals surface area contributed by atoms with E-state index in [9.17, 15) is 0 Å². The smallest absolute Gasteiger partial charge is 0.181 e. The molecule has 148 valence electrons. The van der Waals surface area contributed by atoms with Crippen LogP contribution in [0.1, 0.15) is 18.4 Å². The van der Waals surface area contributed by atoms with Gasteiger partial charge in [0.15, 0.2) is 11.6 Å². The molecule has 3 aromatic rings. The van der Waals surface area contributed by atoms with Crippen LogP contribution in [-0.4, -0.2) is 40.3 Å². The molecule has 1 N–H and O–H groups in total. The van der Waals surface area contributed by atoms with Gasteiger partial charge in [-0.15, -0.1) is 12.4 Å². The molecule has 1 aliphatic heterocycles. The van der Waals surface area contributed by atoms with Gasteiger partial charge in [0.1, 0.15) is 5.75 Å². The first-order valence-electron chi connectivity index (χ1n) is 8.91. The number of likely N-dealkylation sites (tertiary alicyclic amines) is 1. The highest BCUT2D eigenvalue weighted by Crippen LogP contribution is 2.36. The van der Waals surface area contributed by atoms with Crippen molar-refractivity contribution in [2.24, 2.45) is 0 Å². The predicted octanol–water partition coefficient (Wildman–Crippen LogP) is 5.47. The van der Waals surface area contributed by atoms with E-state index in [0.717, 1.165) is 17.7 Å². The Morgan fingerprint density at radius 3 is 2.61 bits per heavy atom. The molecule has 0 atom stereocenters. The number of nitrogens with zero attached hydrogens (tertiary/aromatic N) is 3. The standard InChI is InChI=1S/C20H20Cl2N4O.ClH/c1-27-18-11-17(22)16(21)10-15(18)20-23-19(24-25-20)14-6-4-5-13(9-14)12-26-7-2-3-8-26;/h4-6,9-11H,2-3,7-8,12H2,1H3,(H,23,24,25);1H. The van der Waals surface area contributed by atoms with Crippen LogP contribution in [0, 0.1) is 0 Å². The highest BCUT2D eigenvalue weighted by atomic mass is 35.5. The lowest BCUT2D eigenvalue weighted by molar-refractivity contribution is 0.331. The van der Waals surface area contributed by atoms with Crippen molar-refractivity contribution in [1.29, 1.82) is 0 Å². The molecule has 0 unspecified atom stereocenters. The molecule has 2 aromatic carbocycles. The second kappa shape index (κ2) is 9.14. The zero-order chi connectivity index (χ0) is 18.8. The Labute approximate surface area is 180 Å². The largest absolute Gasteiger partial charge is 0.496 e. The maximum absolute atomic E-state index is 6.16. The van der Waals surface area contributed by atoms with Crippen LogP contribution in [0.4, 0.5) is 0 Å². The van der Waals surface area contributed by atoms with Gasteiger partial charge in [0, 0.05) is 18.2 Å². The van der Waals surface area contributed by atoms with Crippen LogP contribution >= 0.6 is 35.6 Å². The summed E-state index contributed by atoms with van der Waals surface area (Å²) < 4.78 is 5.41. The Bertz CT molecular complexity index is 954. The van der Waals surface area contributed by atoms with E-state index in [4.69, 9.17) is 27.9 Å². The number of rotatable bonds is 5. The number of aromatic nitrogens is 3. The molecular weight excluding hydrogens is 419 g/mol. The minimum atomic E-state index is 0. The fourth-order valence-corrected chi connectivity index (χ4v) is 3.72. The first kappa shape index (κ1) is 20.9. The van der Waals surface area contributed by atoms with Crippen LogP contribution < -0.4 is 4.74 Å². The zero-order valence-corrected chi connectivity index (χ0v) is 17.7. The van der Waals surface area contributed by atoms with Gasteiger partial charge in [-0.3, -0.25) is 10.00 Å². The van der Waals surface area contributed by atoms with Gasteiger partial charge < -0.3 is 4.74 Å². The number of methoxy groups -OCH3 is 1. The number of benzene rings is 2. The molecule has 8 heteroatoms. The maximum Gasteiger partial charge on any atom is 0.181 e. The highest BCUT2D eigenvalue weighted by molar-refractivity contribution is 6.42. The molecule has 0 aliphatic carbocycles. The van der Waals surface area contributed by atoms with E-state index in [1.165, 1.54) is 31.5 Å². The Morgan fingerprint density at radius 2 is 1.86 bits per heavy atom. The number of aromatic amines is 1. The fourth-order valence-electron chi connectivity index (χ4n) is 3.40. The lowest BCUT2D eigenvalue weighted by Gasteiger charge is -2.14. The van der Waals surface area contributed by atoms with Crippen molar-refractivity contribution in [1.82, 2.24) is 20.1 Å². The molecule has 4 rings (SSSR count). The third-order valence-corrected chi connectivity index (χ3v) is 5.50. The van der Waals surface area contributed by atoms with Gasteiger partial charge in [-0.1, -0.05) is 41.4 Å². The average Bonchev–Trinajstić information content (AvgIpc) is 3.36. The molecular formula is C20H21Cl3N4O. The second-order valence-corrected chi connectivity index (χ2v) is 7.47. The Kier molecular flexibility index (Phi) is 6.83. The van der Waals surface area contributed by atoms with E-state index in [0.29, 0.717) is 27.4 Å². The van der Waals surface area contributed by atoms with E-state index < -0.39 is 0 Å². The van der Waals surface area contributed by atoms with Crippen molar-refractivity contribution in [3.63, 3.8) is 0 Å². The average molecular weight is 440 g/mol. The third-order valence-electron chi connectivity index (χ3n) is 4.77. The Balaban J connectivity index is 0.00000225. The summed E-state index contributed by atoms with van der Waals surface area (Å²) in [6.45, 7) is 3.31. The van der Waals surface area contributed by atoms with E-state index in [2.05, 4.69) is 38.3 Å². The summed E-state index contributed by atoms with van der Waals surface area (Å²) in [5, 5.41) is 8.24. The van der Waals surface area contributed by atoms with Crippen LogP contribution in [-0.2, 0) is 6.54 Å². The summed E-state index contributed by atoms with van der Waals surface area (Å²) in [6.07, 6.45) is 2.57. The Hall–Kier alpha value is -1.79. The van der Waals surface area contributed by atoms with Gasteiger partial charge in [-0.25, -0.2) is 4.98 Å². The molecule has 0 amide bonds. The lowest BCUT2D eigenvalue weighted by atomic mass is 10.1.